The fourth-order valence-electron chi connectivity index (χ4n) is 4.82. The second-order valence-corrected chi connectivity index (χ2v) is 8.68. The third-order valence-corrected chi connectivity index (χ3v) is 6.43. The Kier molecular flexibility index (Phi) is 7.11. The quantitative estimate of drug-likeness (QED) is 0.655. The molecule has 7 nitrogen and oxygen atoms in total. The summed E-state index contributed by atoms with van der Waals surface area (Å²) in [6, 6.07) is 0.264. The Morgan fingerprint density at radius 2 is 1.78 bits per heavy atom. The van der Waals surface area contributed by atoms with Crippen LogP contribution in [0.2, 0.25) is 0 Å². The van der Waals surface area contributed by atoms with E-state index in [2.05, 4.69) is 15.5 Å². The van der Waals surface area contributed by atoms with Gasteiger partial charge in [-0.15, -0.1) is 0 Å². The molecule has 154 valence electrons. The fraction of sp³-hybridized carbons (Fsp3) is 0.900. The van der Waals surface area contributed by atoms with Gasteiger partial charge in [-0.05, 0) is 58.0 Å². The number of likely N-dealkylation sites (tertiary alicyclic amines) is 2. The molecule has 0 aliphatic carbocycles. The van der Waals surface area contributed by atoms with Gasteiger partial charge >= 0.3 is 0 Å². The Hall–Kier alpha value is -1.18. The summed E-state index contributed by atoms with van der Waals surface area (Å²) in [5.74, 6) is 0.483. The molecule has 3 aliphatic heterocycles. The Morgan fingerprint density at radius 3 is 2.44 bits per heavy atom. The Bertz CT molecular complexity index is 515. The molecule has 3 saturated heterocycles. The first-order chi connectivity index (χ1) is 13.0. The van der Waals surface area contributed by atoms with E-state index in [-0.39, 0.29) is 23.8 Å². The second-order valence-electron chi connectivity index (χ2n) is 8.68. The smallest absolute Gasteiger partial charge is 0.225 e. The summed E-state index contributed by atoms with van der Waals surface area (Å²) in [4.78, 5) is 28.3. The summed E-state index contributed by atoms with van der Waals surface area (Å²) in [6.07, 6.45) is 6.04. The van der Waals surface area contributed by atoms with Gasteiger partial charge in [0.25, 0.3) is 0 Å². The number of piperidine rings is 2. The SMILES string of the molecule is CC(=O)NC1CCN(C[C@@]2(O)CCCN(C(=O)C3CCNCC3)CC2)CC1. The van der Waals surface area contributed by atoms with Gasteiger partial charge in [-0.2, -0.15) is 0 Å². The Morgan fingerprint density at radius 1 is 1.07 bits per heavy atom. The molecule has 1 atom stereocenters. The average molecular weight is 381 g/mol. The normalized spacial score (nSPS) is 29.3. The molecule has 3 N–H and O–H groups in total. The van der Waals surface area contributed by atoms with Crippen molar-refractivity contribution in [1.82, 2.24) is 20.4 Å². The van der Waals surface area contributed by atoms with E-state index in [1.54, 1.807) is 6.92 Å². The highest BCUT2D eigenvalue weighted by Crippen LogP contribution is 2.27. The first kappa shape index (κ1) is 20.6. The van der Waals surface area contributed by atoms with Crippen LogP contribution >= 0.6 is 0 Å². The van der Waals surface area contributed by atoms with E-state index in [9.17, 15) is 14.7 Å². The van der Waals surface area contributed by atoms with Gasteiger partial charge in [0, 0.05) is 51.6 Å². The molecule has 0 unspecified atom stereocenters. The molecule has 27 heavy (non-hydrogen) atoms. The predicted octanol–water partition coefficient (Wildman–Crippen LogP) is 0.330. The van der Waals surface area contributed by atoms with Crippen LogP contribution < -0.4 is 10.6 Å². The Labute approximate surface area is 162 Å². The summed E-state index contributed by atoms with van der Waals surface area (Å²) >= 11 is 0. The van der Waals surface area contributed by atoms with E-state index in [1.807, 2.05) is 4.90 Å². The van der Waals surface area contributed by atoms with Crippen molar-refractivity contribution in [1.29, 1.82) is 0 Å². The third-order valence-electron chi connectivity index (χ3n) is 6.43. The second kappa shape index (κ2) is 9.34. The van der Waals surface area contributed by atoms with Gasteiger partial charge in [0.05, 0.1) is 5.60 Å². The van der Waals surface area contributed by atoms with E-state index >= 15 is 0 Å². The van der Waals surface area contributed by atoms with Crippen LogP contribution in [0.3, 0.4) is 0 Å². The van der Waals surface area contributed by atoms with E-state index in [4.69, 9.17) is 0 Å². The predicted molar refractivity (Wildman–Crippen MR) is 104 cm³/mol. The van der Waals surface area contributed by atoms with Crippen molar-refractivity contribution in [2.24, 2.45) is 5.92 Å². The molecule has 0 saturated carbocycles. The molecule has 3 heterocycles. The van der Waals surface area contributed by atoms with Crippen LogP contribution in [0.1, 0.15) is 51.9 Å². The van der Waals surface area contributed by atoms with Crippen LogP contribution in [0, 0.1) is 5.92 Å². The zero-order valence-electron chi connectivity index (χ0n) is 16.7. The first-order valence-corrected chi connectivity index (χ1v) is 10.7. The fourth-order valence-corrected chi connectivity index (χ4v) is 4.82. The van der Waals surface area contributed by atoms with Crippen molar-refractivity contribution in [3.8, 4) is 0 Å². The summed E-state index contributed by atoms with van der Waals surface area (Å²) in [7, 11) is 0. The molecule has 0 aromatic carbocycles. The minimum Gasteiger partial charge on any atom is -0.388 e. The lowest BCUT2D eigenvalue weighted by Crippen LogP contribution is -2.50. The topological polar surface area (TPSA) is 84.9 Å². The number of hydrogen-bond acceptors (Lipinski definition) is 5. The summed E-state index contributed by atoms with van der Waals surface area (Å²) in [5.41, 5.74) is -0.704. The Balaban J connectivity index is 1.46. The van der Waals surface area contributed by atoms with E-state index in [0.717, 1.165) is 71.2 Å². The van der Waals surface area contributed by atoms with E-state index in [0.29, 0.717) is 19.5 Å². The number of amides is 2. The molecule has 3 rings (SSSR count). The molecule has 0 bridgehead atoms. The van der Waals surface area contributed by atoms with Crippen molar-refractivity contribution >= 4 is 11.8 Å². The maximum Gasteiger partial charge on any atom is 0.225 e. The van der Waals surface area contributed by atoms with Crippen molar-refractivity contribution in [3.63, 3.8) is 0 Å². The van der Waals surface area contributed by atoms with Crippen LogP contribution in [-0.2, 0) is 9.59 Å². The molecule has 2 amide bonds. The zero-order chi connectivity index (χ0) is 19.3. The summed E-state index contributed by atoms with van der Waals surface area (Å²) < 4.78 is 0. The third kappa shape index (κ3) is 5.90. The number of carbonyl (C=O) groups excluding carboxylic acids is 2. The van der Waals surface area contributed by atoms with Crippen LogP contribution in [-0.4, -0.2) is 84.2 Å². The largest absolute Gasteiger partial charge is 0.388 e. The standard InChI is InChI=1S/C20H36N4O3/c1-16(25)22-18-5-12-23(13-6-18)15-20(27)7-2-11-24(14-8-20)19(26)17-3-9-21-10-4-17/h17-18,21,27H,2-15H2,1H3,(H,22,25)/t20-/m1/s1. The molecule has 3 aliphatic rings. The molecule has 0 spiro atoms. The van der Waals surface area contributed by atoms with Crippen LogP contribution in [0.4, 0.5) is 0 Å². The van der Waals surface area contributed by atoms with Gasteiger partial charge in [-0.25, -0.2) is 0 Å². The lowest BCUT2D eigenvalue weighted by Gasteiger charge is -2.38. The van der Waals surface area contributed by atoms with Gasteiger partial charge in [0.1, 0.15) is 0 Å². The summed E-state index contributed by atoms with van der Waals surface area (Å²) in [6.45, 7) is 7.37. The number of nitrogens with one attached hydrogen (secondary N) is 2. The van der Waals surface area contributed by atoms with E-state index < -0.39 is 5.60 Å². The van der Waals surface area contributed by atoms with Crippen LogP contribution in [0.5, 0.6) is 0 Å². The van der Waals surface area contributed by atoms with Gasteiger partial charge in [0.15, 0.2) is 0 Å². The molecule has 0 radical (unpaired) electrons. The van der Waals surface area contributed by atoms with Crippen LogP contribution in [0.15, 0.2) is 0 Å². The zero-order valence-corrected chi connectivity index (χ0v) is 16.7. The van der Waals surface area contributed by atoms with Gasteiger partial charge in [0.2, 0.25) is 11.8 Å². The van der Waals surface area contributed by atoms with Gasteiger partial charge in [-0.1, -0.05) is 0 Å². The highest BCUT2D eigenvalue weighted by Gasteiger charge is 2.35. The number of nitrogens with zero attached hydrogens (tertiary/aromatic N) is 2. The van der Waals surface area contributed by atoms with Crippen LogP contribution in [0.25, 0.3) is 0 Å². The maximum atomic E-state index is 12.8. The average Bonchev–Trinajstić information content (AvgIpc) is 2.85. The van der Waals surface area contributed by atoms with Crippen molar-refractivity contribution in [2.75, 3.05) is 45.8 Å². The maximum absolute atomic E-state index is 12.8. The molecular weight excluding hydrogens is 344 g/mol. The lowest BCUT2D eigenvalue weighted by molar-refractivity contribution is -0.136. The molecule has 3 fully saturated rings. The van der Waals surface area contributed by atoms with Crippen molar-refractivity contribution in [3.05, 3.63) is 0 Å². The molecule has 0 aromatic rings. The van der Waals surface area contributed by atoms with Crippen molar-refractivity contribution in [2.45, 2.75) is 63.5 Å². The number of hydrogen-bond donors (Lipinski definition) is 3. The number of rotatable bonds is 4. The molecule has 0 aromatic heterocycles. The number of β-amino-alcohol motifs (C(OH)–C–C–N with tert-alkyl or cyclic N) is 1. The first-order valence-electron chi connectivity index (χ1n) is 10.7. The number of aliphatic hydroxyl groups is 1. The highest BCUT2D eigenvalue weighted by atomic mass is 16.3. The van der Waals surface area contributed by atoms with Gasteiger partial charge in [-0.3, -0.25) is 9.59 Å². The van der Waals surface area contributed by atoms with Gasteiger partial charge < -0.3 is 25.5 Å². The molecular formula is C20H36N4O3. The highest BCUT2D eigenvalue weighted by molar-refractivity contribution is 5.79. The number of carbonyl (C=O) groups is 2. The molecule has 7 heteroatoms. The minimum atomic E-state index is -0.704. The van der Waals surface area contributed by atoms with Crippen molar-refractivity contribution < 1.29 is 14.7 Å². The minimum absolute atomic E-state index is 0.0364. The lowest BCUT2D eigenvalue weighted by atomic mass is 9.92. The van der Waals surface area contributed by atoms with E-state index in [1.165, 1.54) is 0 Å². The monoisotopic (exact) mass is 380 g/mol. The summed E-state index contributed by atoms with van der Waals surface area (Å²) in [5, 5.41) is 17.5.